The molecule has 6 nitrogen and oxygen atoms in total. The molecule has 1 heterocycles. The number of ether oxygens (including phenoxy) is 1. The zero-order valence-corrected chi connectivity index (χ0v) is 26.0. The van der Waals surface area contributed by atoms with Crippen molar-refractivity contribution in [3.63, 3.8) is 0 Å². The number of rotatable bonds is 14. The number of nitrogens with zero attached hydrogens (tertiary/aromatic N) is 1. The number of benzene rings is 2. The first-order valence-electron chi connectivity index (χ1n) is 14.2. The van der Waals surface area contributed by atoms with Gasteiger partial charge in [-0.25, -0.2) is 0 Å². The number of carbonyl (C=O) groups is 2. The molecular weight excluding hydrogens is 547 g/mol. The van der Waals surface area contributed by atoms with Crippen molar-refractivity contribution in [3.05, 3.63) is 75.7 Å². The summed E-state index contributed by atoms with van der Waals surface area (Å²) < 4.78 is 6.51. The topological polar surface area (TPSA) is 91.3 Å². The number of thiazole rings is 1. The molecule has 0 spiro atoms. The van der Waals surface area contributed by atoms with Gasteiger partial charge < -0.3 is 20.0 Å². The average Bonchev–Trinajstić information content (AvgIpc) is 3.51. The number of carboxylic acid groups (broad SMARTS) is 1. The molecule has 3 aromatic rings. The van der Waals surface area contributed by atoms with Gasteiger partial charge in [-0.2, -0.15) is 11.8 Å². The molecular formula is C32H39LiN2O4S2. The summed E-state index contributed by atoms with van der Waals surface area (Å²) >= 11 is 3.16. The van der Waals surface area contributed by atoms with E-state index in [1.54, 1.807) is 17.4 Å². The Morgan fingerprint density at radius 2 is 1.90 bits per heavy atom. The van der Waals surface area contributed by atoms with Crippen LogP contribution in [-0.4, -0.2) is 34.9 Å². The van der Waals surface area contributed by atoms with Crippen molar-refractivity contribution < 1.29 is 38.3 Å². The van der Waals surface area contributed by atoms with E-state index in [0.717, 1.165) is 45.9 Å². The zero-order chi connectivity index (χ0) is 28.3. The minimum Gasteiger partial charge on any atom is -0.548 e. The molecule has 1 aliphatic carbocycles. The quantitative estimate of drug-likeness (QED) is 0.292. The standard InChI is InChI=1S/C32H40N2O4S2.Li/c1-22-8-6-7-11-25(22)27-18-24(12-14-26(27)31(35)34-28(32(36)37)16-17-39-2)20-38-29(30-19-33-21-40-30)15-13-23-9-4-3-5-10-23;/h6-8,11-12,14,18-19,21,23,28-29H,3-5,9-10,13,15-17,20H2,1-2H3,(H,34,35)(H,36,37);/q;+1/p-1/t28-,29?;/m0./s1. The van der Waals surface area contributed by atoms with Crippen LogP contribution in [0.3, 0.4) is 0 Å². The zero-order valence-electron chi connectivity index (χ0n) is 24.4. The second-order valence-electron chi connectivity index (χ2n) is 10.6. The van der Waals surface area contributed by atoms with Crippen molar-refractivity contribution in [2.75, 3.05) is 12.0 Å². The molecule has 2 aromatic carbocycles. The number of aromatic nitrogens is 1. The van der Waals surface area contributed by atoms with Gasteiger partial charge in [-0.3, -0.25) is 9.78 Å². The molecule has 214 valence electrons. The van der Waals surface area contributed by atoms with Crippen LogP contribution in [0.5, 0.6) is 0 Å². The van der Waals surface area contributed by atoms with Crippen LogP contribution in [0.2, 0.25) is 0 Å². The van der Waals surface area contributed by atoms with Gasteiger partial charge in [0.05, 0.1) is 35.1 Å². The summed E-state index contributed by atoms with van der Waals surface area (Å²) in [5.41, 5.74) is 5.97. The average molecular weight is 587 g/mol. The predicted molar refractivity (Wildman–Crippen MR) is 161 cm³/mol. The Morgan fingerprint density at radius 3 is 2.59 bits per heavy atom. The number of amides is 1. The molecule has 1 saturated carbocycles. The Labute approximate surface area is 264 Å². The Kier molecular flexibility index (Phi) is 14.0. The Balaban J connectivity index is 0.00000462. The van der Waals surface area contributed by atoms with Crippen LogP contribution in [-0.2, 0) is 16.1 Å². The van der Waals surface area contributed by atoms with Gasteiger partial charge in [0.25, 0.3) is 5.91 Å². The Morgan fingerprint density at radius 1 is 1.12 bits per heavy atom. The molecule has 1 N–H and O–H groups in total. The van der Waals surface area contributed by atoms with Crippen LogP contribution < -0.4 is 29.3 Å². The van der Waals surface area contributed by atoms with Gasteiger partial charge in [0.1, 0.15) is 0 Å². The van der Waals surface area contributed by atoms with Gasteiger partial charge >= 0.3 is 18.9 Å². The fourth-order valence-electron chi connectivity index (χ4n) is 5.45. The van der Waals surface area contributed by atoms with E-state index >= 15 is 0 Å². The third-order valence-corrected chi connectivity index (χ3v) is 9.26. The number of carboxylic acids is 1. The minimum absolute atomic E-state index is 0. The molecule has 2 atom stereocenters. The van der Waals surface area contributed by atoms with E-state index in [9.17, 15) is 14.7 Å². The first kappa shape index (κ1) is 33.4. The molecule has 41 heavy (non-hydrogen) atoms. The van der Waals surface area contributed by atoms with Crippen LogP contribution in [0.4, 0.5) is 0 Å². The number of aryl methyl sites for hydroxylation is 1. The Bertz CT molecular complexity index is 1250. The van der Waals surface area contributed by atoms with E-state index in [2.05, 4.69) is 10.3 Å². The summed E-state index contributed by atoms with van der Waals surface area (Å²) in [7, 11) is 0. The van der Waals surface area contributed by atoms with Crippen molar-refractivity contribution in [2.45, 2.75) is 77.0 Å². The van der Waals surface area contributed by atoms with Crippen LogP contribution >= 0.6 is 23.1 Å². The van der Waals surface area contributed by atoms with Gasteiger partial charge in [0, 0.05) is 11.8 Å². The first-order chi connectivity index (χ1) is 19.5. The van der Waals surface area contributed by atoms with E-state index in [1.165, 1.54) is 43.9 Å². The van der Waals surface area contributed by atoms with Crippen molar-refractivity contribution in [1.82, 2.24) is 10.3 Å². The van der Waals surface area contributed by atoms with Crippen molar-refractivity contribution >= 4 is 35.0 Å². The molecule has 4 rings (SSSR count). The maximum Gasteiger partial charge on any atom is 1.00 e. The third kappa shape index (κ3) is 9.73. The van der Waals surface area contributed by atoms with Crippen LogP contribution in [0.15, 0.2) is 54.2 Å². The second kappa shape index (κ2) is 17.1. The molecule has 1 aromatic heterocycles. The van der Waals surface area contributed by atoms with Crippen LogP contribution in [0.1, 0.15) is 83.8 Å². The fourth-order valence-corrected chi connectivity index (χ4v) is 6.62. The van der Waals surface area contributed by atoms with E-state index < -0.39 is 17.9 Å². The van der Waals surface area contributed by atoms with E-state index in [0.29, 0.717) is 24.3 Å². The first-order valence-corrected chi connectivity index (χ1v) is 16.4. The van der Waals surface area contributed by atoms with Gasteiger partial charge in [-0.15, -0.1) is 11.3 Å². The van der Waals surface area contributed by atoms with E-state index in [1.807, 2.05) is 61.3 Å². The predicted octanol–water partition coefficient (Wildman–Crippen LogP) is 3.34. The molecule has 0 aliphatic heterocycles. The van der Waals surface area contributed by atoms with Gasteiger partial charge in [-0.1, -0.05) is 62.4 Å². The summed E-state index contributed by atoms with van der Waals surface area (Å²) in [5.74, 6) is -0.302. The number of hydrogen-bond acceptors (Lipinski definition) is 7. The number of carbonyl (C=O) groups excluding carboxylic acids is 2. The summed E-state index contributed by atoms with van der Waals surface area (Å²) in [6, 6.07) is 12.5. The van der Waals surface area contributed by atoms with Gasteiger partial charge in [-0.05, 0) is 78.5 Å². The summed E-state index contributed by atoms with van der Waals surface area (Å²) in [4.78, 5) is 30.5. The molecule has 0 saturated heterocycles. The maximum absolute atomic E-state index is 13.4. The van der Waals surface area contributed by atoms with Crippen molar-refractivity contribution in [2.24, 2.45) is 5.92 Å². The molecule has 0 radical (unpaired) electrons. The number of aliphatic carboxylic acids is 1. The molecule has 0 bridgehead atoms. The van der Waals surface area contributed by atoms with Crippen molar-refractivity contribution in [1.29, 1.82) is 0 Å². The molecule has 1 fully saturated rings. The monoisotopic (exact) mass is 586 g/mol. The largest absolute Gasteiger partial charge is 1.00 e. The molecule has 1 amide bonds. The summed E-state index contributed by atoms with van der Waals surface area (Å²) in [6.07, 6.45) is 12.9. The van der Waals surface area contributed by atoms with Crippen LogP contribution in [0, 0.1) is 12.8 Å². The normalized spacial score (nSPS) is 15.1. The number of thioether (sulfide) groups is 1. The smallest absolute Gasteiger partial charge is 0.548 e. The summed E-state index contributed by atoms with van der Waals surface area (Å²) in [6.45, 7) is 2.41. The minimum atomic E-state index is -1.27. The fraction of sp³-hybridized carbons (Fsp3) is 0.469. The number of hydrogen-bond donors (Lipinski definition) is 1. The second-order valence-corrected chi connectivity index (χ2v) is 12.5. The van der Waals surface area contributed by atoms with E-state index in [-0.39, 0.29) is 25.0 Å². The van der Waals surface area contributed by atoms with Crippen LogP contribution in [0.25, 0.3) is 11.1 Å². The molecule has 1 unspecified atom stereocenters. The third-order valence-electron chi connectivity index (χ3n) is 7.75. The number of nitrogens with one attached hydrogen (secondary N) is 1. The maximum atomic E-state index is 13.4. The molecule has 1 aliphatic rings. The van der Waals surface area contributed by atoms with Gasteiger partial charge in [0.2, 0.25) is 0 Å². The van der Waals surface area contributed by atoms with E-state index in [4.69, 9.17) is 4.74 Å². The molecule has 9 heteroatoms. The summed E-state index contributed by atoms with van der Waals surface area (Å²) in [5, 5.41) is 14.4. The Hall–Kier alpha value is -2.08. The van der Waals surface area contributed by atoms with Gasteiger partial charge in [0.15, 0.2) is 0 Å². The van der Waals surface area contributed by atoms with Crippen molar-refractivity contribution in [3.8, 4) is 11.1 Å². The SMILES string of the molecule is CSCC[C@H](NC(=O)c1ccc(COC(CCC2CCCCC2)c2cncs2)cc1-c1ccccc1C)C(=O)[O-].[Li+].